The Labute approximate surface area is 90.0 Å². The molecular formula is C10H18N4O. The molecule has 0 aliphatic rings. The number of aromatic nitrogens is 2. The Morgan fingerprint density at radius 3 is 2.73 bits per heavy atom. The average Bonchev–Trinajstić information content (AvgIpc) is 2.15. The van der Waals surface area contributed by atoms with Crippen molar-refractivity contribution >= 4 is 5.95 Å². The Morgan fingerprint density at radius 2 is 2.20 bits per heavy atom. The molecule has 5 heteroatoms. The zero-order chi connectivity index (χ0) is 11.5. The number of rotatable bonds is 4. The second kappa shape index (κ2) is 4.55. The van der Waals surface area contributed by atoms with Gasteiger partial charge in [-0.15, -0.1) is 0 Å². The van der Waals surface area contributed by atoms with Crippen molar-refractivity contribution in [3.05, 3.63) is 18.0 Å². The van der Waals surface area contributed by atoms with E-state index in [0.29, 0.717) is 19.0 Å². The van der Waals surface area contributed by atoms with Crippen molar-refractivity contribution in [2.24, 2.45) is 5.73 Å². The van der Waals surface area contributed by atoms with E-state index in [1.54, 1.807) is 31.0 Å². The van der Waals surface area contributed by atoms with Crippen molar-refractivity contribution in [2.75, 3.05) is 18.5 Å². The smallest absolute Gasteiger partial charge is 0.225 e. The minimum atomic E-state index is -0.767. The summed E-state index contributed by atoms with van der Waals surface area (Å²) in [6, 6.07) is 1.78. The SMILES string of the molecule is CN(CC(C)(C)O)c1nccc(CN)n1. The molecule has 1 rings (SSSR count). The van der Waals surface area contributed by atoms with E-state index in [0.717, 1.165) is 5.69 Å². The summed E-state index contributed by atoms with van der Waals surface area (Å²) in [5.41, 5.74) is 5.51. The van der Waals surface area contributed by atoms with Gasteiger partial charge in [-0.25, -0.2) is 9.97 Å². The van der Waals surface area contributed by atoms with Crippen LogP contribution in [0.15, 0.2) is 12.3 Å². The Morgan fingerprint density at radius 1 is 1.53 bits per heavy atom. The molecule has 0 bridgehead atoms. The molecule has 0 aromatic carbocycles. The van der Waals surface area contributed by atoms with Crippen LogP contribution in [0.3, 0.4) is 0 Å². The Kier molecular flexibility index (Phi) is 3.60. The average molecular weight is 210 g/mol. The molecule has 0 unspecified atom stereocenters. The second-order valence-corrected chi connectivity index (χ2v) is 4.22. The highest BCUT2D eigenvalue weighted by Gasteiger charge is 2.17. The maximum atomic E-state index is 9.65. The molecule has 0 aliphatic heterocycles. The molecule has 1 heterocycles. The summed E-state index contributed by atoms with van der Waals surface area (Å²) in [4.78, 5) is 10.2. The normalized spacial score (nSPS) is 11.5. The molecule has 84 valence electrons. The summed E-state index contributed by atoms with van der Waals surface area (Å²) in [6.07, 6.45) is 1.67. The second-order valence-electron chi connectivity index (χ2n) is 4.22. The number of hydrogen-bond acceptors (Lipinski definition) is 5. The van der Waals surface area contributed by atoms with Gasteiger partial charge in [0.15, 0.2) is 0 Å². The van der Waals surface area contributed by atoms with Crippen LogP contribution < -0.4 is 10.6 Å². The minimum Gasteiger partial charge on any atom is -0.389 e. The van der Waals surface area contributed by atoms with Gasteiger partial charge >= 0.3 is 0 Å². The van der Waals surface area contributed by atoms with Crippen molar-refractivity contribution in [1.82, 2.24) is 9.97 Å². The fourth-order valence-electron chi connectivity index (χ4n) is 1.33. The van der Waals surface area contributed by atoms with Crippen molar-refractivity contribution in [1.29, 1.82) is 0 Å². The van der Waals surface area contributed by atoms with Crippen LogP contribution in [0, 0.1) is 0 Å². The van der Waals surface area contributed by atoms with E-state index in [-0.39, 0.29) is 0 Å². The third-order valence-electron chi connectivity index (χ3n) is 1.88. The third kappa shape index (κ3) is 3.81. The first kappa shape index (κ1) is 11.9. The number of likely N-dealkylation sites (N-methyl/N-ethyl adjacent to an activating group) is 1. The van der Waals surface area contributed by atoms with E-state index in [1.807, 2.05) is 7.05 Å². The largest absolute Gasteiger partial charge is 0.389 e. The van der Waals surface area contributed by atoms with Gasteiger partial charge in [-0.2, -0.15) is 0 Å². The van der Waals surface area contributed by atoms with E-state index < -0.39 is 5.60 Å². The van der Waals surface area contributed by atoms with Gasteiger partial charge in [0.2, 0.25) is 5.95 Å². The van der Waals surface area contributed by atoms with Crippen molar-refractivity contribution in [3.8, 4) is 0 Å². The quantitative estimate of drug-likeness (QED) is 0.739. The van der Waals surface area contributed by atoms with Gasteiger partial charge in [0.1, 0.15) is 0 Å². The van der Waals surface area contributed by atoms with Gasteiger partial charge in [-0.05, 0) is 19.9 Å². The lowest BCUT2D eigenvalue weighted by Crippen LogP contribution is -2.37. The topological polar surface area (TPSA) is 75.3 Å². The molecule has 15 heavy (non-hydrogen) atoms. The van der Waals surface area contributed by atoms with E-state index in [1.165, 1.54) is 0 Å². The monoisotopic (exact) mass is 210 g/mol. The Hall–Kier alpha value is -1.20. The van der Waals surface area contributed by atoms with Crippen LogP contribution in [-0.4, -0.2) is 34.3 Å². The van der Waals surface area contributed by atoms with Crippen LogP contribution in [0.25, 0.3) is 0 Å². The molecule has 1 aromatic rings. The summed E-state index contributed by atoms with van der Waals surface area (Å²) in [5.74, 6) is 0.583. The van der Waals surface area contributed by atoms with Gasteiger partial charge in [-0.3, -0.25) is 0 Å². The predicted octanol–water partition coefficient (Wildman–Crippen LogP) is 0.142. The van der Waals surface area contributed by atoms with E-state index in [2.05, 4.69) is 9.97 Å². The zero-order valence-corrected chi connectivity index (χ0v) is 9.44. The zero-order valence-electron chi connectivity index (χ0n) is 9.44. The summed E-state index contributed by atoms with van der Waals surface area (Å²) in [6.45, 7) is 4.36. The molecule has 0 spiro atoms. The maximum absolute atomic E-state index is 9.65. The van der Waals surface area contributed by atoms with E-state index >= 15 is 0 Å². The van der Waals surface area contributed by atoms with E-state index in [4.69, 9.17) is 5.73 Å². The number of aliphatic hydroxyl groups is 1. The van der Waals surface area contributed by atoms with Crippen LogP contribution in [0.5, 0.6) is 0 Å². The highest BCUT2D eigenvalue weighted by Crippen LogP contribution is 2.10. The summed E-state index contributed by atoms with van der Waals surface area (Å²) < 4.78 is 0. The third-order valence-corrected chi connectivity index (χ3v) is 1.88. The first-order valence-corrected chi connectivity index (χ1v) is 4.88. The molecule has 0 atom stereocenters. The van der Waals surface area contributed by atoms with Crippen molar-refractivity contribution < 1.29 is 5.11 Å². The lowest BCUT2D eigenvalue weighted by atomic mass is 10.1. The molecule has 1 aromatic heterocycles. The predicted molar refractivity (Wildman–Crippen MR) is 59.5 cm³/mol. The minimum absolute atomic E-state index is 0.395. The van der Waals surface area contributed by atoms with Gasteiger partial charge < -0.3 is 15.7 Å². The van der Waals surface area contributed by atoms with Crippen molar-refractivity contribution in [2.45, 2.75) is 26.0 Å². The van der Waals surface area contributed by atoms with Crippen LogP contribution in [0.1, 0.15) is 19.5 Å². The number of hydrogen-bond donors (Lipinski definition) is 2. The van der Waals surface area contributed by atoms with E-state index in [9.17, 15) is 5.11 Å². The fourth-order valence-corrected chi connectivity index (χ4v) is 1.33. The van der Waals surface area contributed by atoms with Gasteiger partial charge in [0.25, 0.3) is 0 Å². The molecule has 3 N–H and O–H groups in total. The maximum Gasteiger partial charge on any atom is 0.225 e. The number of anilines is 1. The van der Waals surface area contributed by atoms with Gasteiger partial charge in [0.05, 0.1) is 11.3 Å². The molecule has 0 radical (unpaired) electrons. The van der Waals surface area contributed by atoms with Crippen LogP contribution in [0.4, 0.5) is 5.95 Å². The van der Waals surface area contributed by atoms with Gasteiger partial charge in [0, 0.05) is 26.3 Å². The fraction of sp³-hybridized carbons (Fsp3) is 0.600. The first-order chi connectivity index (χ1) is 6.92. The summed E-state index contributed by atoms with van der Waals surface area (Å²) in [7, 11) is 1.84. The number of nitrogens with two attached hydrogens (primary N) is 1. The number of nitrogens with zero attached hydrogens (tertiary/aromatic N) is 3. The summed E-state index contributed by atoms with van der Waals surface area (Å²) in [5, 5.41) is 9.65. The summed E-state index contributed by atoms with van der Waals surface area (Å²) >= 11 is 0. The first-order valence-electron chi connectivity index (χ1n) is 4.88. The molecule has 0 saturated heterocycles. The standard InChI is InChI=1S/C10H18N4O/c1-10(2,15)7-14(3)9-12-5-4-8(6-11)13-9/h4-5,15H,6-7,11H2,1-3H3. The molecule has 0 fully saturated rings. The van der Waals surface area contributed by atoms with Crippen LogP contribution >= 0.6 is 0 Å². The highest BCUT2D eigenvalue weighted by atomic mass is 16.3. The van der Waals surface area contributed by atoms with Crippen LogP contribution in [0.2, 0.25) is 0 Å². The highest BCUT2D eigenvalue weighted by molar-refractivity contribution is 5.29. The molecule has 0 saturated carbocycles. The van der Waals surface area contributed by atoms with Crippen molar-refractivity contribution in [3.63, 3.8) is 0 Å². The van der Waals surface area contributed by atoms with Crippen LogP contribution in [-0.2, 0) is 6.54 Å². The lowest BCUT2D eigenvalue weighted by molar-refractivity contribution is 0.0883. The molecule has 0 aliphatic carbocycles. The molecular weight excluding hydrogens is 192 g/mol. The molecule has 0 amide bonds. The Balaban J connectivity index is 2.77. The van der Waals surface area contributed by atoms with Gasteiger partial charge in [-0.1, -0.05) is 0 Å². The molecule has 5 nitrogen and oxygen atoms in total. The lowest BCUT2D eigenvalue weighted by Gasteiger charge is -2.25. The Bertz CT molecular complexity index is 321.